The van der Waals surface area contributed by atoms with Crippen molar-refractivity contribution in [2.75, 3.05) is 38.6 Å². The van der Waals surface area contributed by atoms with Crippen molar-refractivity contribution in [1.29, 1.82) is 0 Å². The van der Waals surface area contributed by atoms with Crippen LogP contribution in [0.15, 0.2) is 29.3 Å². The van der Waals surface area contributed by atoms with Gasteiger partial charge >= 0.3 is 0 Å². The number of aromatic nitrogens is 1. The van der Waals surface area contributed by atoms with Crippen LogP contribution in [-0.2, 0) is 4.74 Å². The molecular weight excluding hydrogens is 322 g/mol. The Bertz CT molecular complexity index is 660. The number of para-hydroxylation sites is 1. The fraction of sp³-hybridized carbons (Fsp3) is 0.529. The molecule has 0 radical (unpaired) electrons. The molecule has 0 saturated carbocycles. The third kappa shape index (κ3) is 4.36. The second-order valence-corrected chi connectivity index (χ2v) is 7.20. The first-order chi connectivity index (χ1) is 11.7. The number of hydrogen-bond donors (Lipinski definition) is 3. The van der Waals surface area contributed by atoms with Crippen molar-refractivity contribution in [2.24, 2.45) is 4.99 Å². The number of aliphatic imine (C=N–C) groups is 1. The van der Waals surface area contributed by atoms with Gasteiger partial charge in [0.05, 0.1) is 15.8 Å². The molecule has 1 aromatic heterocycles. The molecule has 6 nitrogen and oxygen atoms in total. The normalized spacial score (nSPS) is 21.2. The highest BCUT2D eigenvalue weighted by Gasteiger charge is 2.29. The van der Waals surface area contributed by atoms with Gasteiger partial charge in [-0.3, -0.25) is 4.99 Å². The maximum atomic E-state index is 5.78. The first kappa shape index (κ1) is 17.0. The molecule has 1 aliphatic rings. The van der Waals surface area contributed by atoms with E-state index in [1.54, 1.807) is 18.4 Å². The summed E-state index contributed by atoms with van der Waals surface area (Å²) in [5.41, 5.74) is 0.969. The van der Waals surface area contributed by atoms with E-state index >= 15 is 0 Å². The topological polar surface area (TPSA) is 70.6 Å². The van der Waals surface area contributed by atoms with E-state index in [2.05, 4.69) is 38.9 Å². The van der Waals surface area contributed by atoms with Gasteiger partial charge in [0.15, 0.2) is 11.1 Å². The molecular formula is C17H25N5OS. The second kappa shape index (κ2) is 7.81. The number of nitrogens with one attached hydrogen (secondary N) is 3. The van der Waals surface area contributed by atoms with Gasteiger partial charge in [0.25, 0.3) is 0 Å². The Kier molecular flexibility index (Phi) is 5.52. The van der Waals surface area contributed by atoms with E-state index in [9.17, 15) is 0 Å². The molecule has 7 heteroatoms. The fourth-order valence-corrected chi connectivity index (χ4v) is 3.66. The van der Waals surface area contributed by atoms with Crippen LogP contribution in [0.2, 0.25) is 0 Å². The van der Waals surface area contributed by atoms with Gasteiger partial charge in [0.2, 0.25) is 0 Å². The summed E-state index contributed by atoms with van der Waals surface area (Å²) in [4.78, 5) is 8.82. The average Bonchev–Trinajstić information content (AvgIpc) is 3.20. The number of fused-ring (bicyclic) bond motifs is 1. The van der Waals surface area contributed by atoms with Gasteiger partial charge in [-0.1, -0.05) is 23.5 Å². The largest absolute Gasteiger partial charge is 0.373 e. The van der Waals surface area contributed by atoms with Gasteiger partial charge in [0, 0.05) is 33.3 Å². The van der Waals surface area contributed by atoms with Crippen molar-refractivity contribution < 1.29 is 4.74 Å². The molecule has 1 aliphatic heterocycles. The zero-order valence-corrected chi connectivity index (χ0v) is 15.1. The Hall–Kier alpha value is -1.86. The first-order valence-electron chi connectivity index (χ1n) is 8.36. The van der Waals surface area contributed by atoms with Gasteiger partial charge in [0.1, 0.15) is 0 Å². The Morgan fingerprint density at radius 2 is 2.21 bits per heavy atom. The highest BCUT2D eigenvalue weighted by Crippen LogP contribution is 2.25. The lowest BCUT2D eigenvalue weighted by Gasteiger charge is -2.24. The molecule has 1 unspecified atom stereocenters. The van der Waals surface area contributed by atoms with Gasteiger partial charge in [-0.05, 0) is 31.9 Å². The van der Waals surface area contributed by atoms with Crippen LogP contribution in [0, 0.1) is 0 Å². The van der Waals surface area contributed by atoms with Crippen LogP contribution in [0.3, 0.4) is 0 Å². The Balaban J connectivity index is 1.39. The van der Waals surface area contributed by atoms with E-state index in [0.717, 1.165) is 55.7 Å². The fourth-order valence-electron chi connectivity index (χ4n) is 2.77. The second-order valence-electron chi connectivity index (χ2n) is 6.17. The van der Waals surface area contributed by atoms with E-state index in [1.807, 2.05) is 18.2 Å². The SMILES string of the molecule is CN=C(NCCNc1nc2ccccc2s1)NCC1(C)CCCO1. The van der Waals surface area contributed by atoms with Crippen LogP contribution in [0.1, 0.15) is 19.8 Å². The standard InChI is InChI=1S/C17H25N5OS/c1-17(8-5-11-23-17)12-21-15(18-2)19-9-10-20-16-22-13-6-3-4-7-14(13)24-16/h3-4,6-7H,5,8-12H2,1-2H3,(H,20,22)(H2,18,19,21). The summed E-state index contributed by atoms with van der Waals surface area (Å²) in [6.07, 6.45) is 2.23. The molecule has 0 aliphatic carbocycles. The summed E-state index contributed by atoms with van der Waals surface area (Å²) in [5, 5.41) is 11.0. The van der Waals surface area contributed by atoms with Gasteiger partial charge < -0.3 is 20.7 Å². The van der Waals surface area contributed by atoms with Crippen LogP contribution in [0.5, 0.6) is 0 Å². The summed E-state index contributed by atoms with van der Waals surface area (Å²) in [6, 6.07) is 8.17. The molecule has 0 amide bonds. The maximum absolute atomic E-state index is 5.78. The smallest absolute Gasteiger partial charge is 0.191 e. The molecule has 0 bridgehead atoms. The molecule has 2 aromatic rings. The monoisotopic (exact) mass is 347 g/mol. The van der Waals surface area contributed by atoms with Gasteiger partial charge in [-0.2, -0.15) is 0 Å². The highest BCUT2D eigenvalue weighted by atomic mass is 32.1. The predicted molar refractivity (Wildman–Crippen MR) is 101 cm³/mol. The lowest BCUT2D eigenvalue weighted by Crippen LogP contribution is -2.46. The quantitative estimate of drug-likeness (QED) is 0.425. The van der Waals surface area contributed by atoms with Crippen molar-refractivity contribution in [2.45, 2.75) is 25.4 Å². The number of hydrogen-bond acceptors (Lipinski definition) is 5. The van der Waals surface area contributed by atoms with Crippen molar-refractivity contribution in [3.8, 4) is 0 Å². The summed E-state index contributed by atoms with van der Waals surface area (Å²) in [6.45, 7) is 5.34. The Morgan fingerprint density at radius 1 is 1.33 bits per heavy atom. The molecule has 24 heavy (non-hydrogen) atoms. The number of benzene rings is 1. The zero-order chi connectivity index (χ0) is 16.8. The lowest BCUT2D eigenvalue weighted by atomic mass is 10.0. The third-order valence-electron chi connectivity index (χ3n) is 4.14. The molecule has 3 N–H and O–H groups in total. The molecule has 1 aromatic carbocycles. The van der Waals surface area contributed by atoms with E-state index in [4.69, 9.17) is 4.74 Å². The third-order valence-corrected chi connectivity index (χ3v) is 5.14. The van der Waals surface area contributed by atoms with Crippen LogP contribution >= 0.6 is 11.3 Å². The average molecular weight is 347 g/mol. The minimum Gasteiger partial charge on any atom is -0.373 e. The van der Waals surface area contributed by atoms with E-state index in [1.165, 1.54) is 4.70 Å². The molecule has 0 spiro atoms. The molecule has 3 rings (SSSR count). The van der Waals surface area contributed by atoms with Crippen molar-refractivity contribution in [3.05, 3.63) is 24.3 Å². The van der Waals surface area contributed by atoms with E-state index in [0.29, 0.717) is 0 Å². The van der Waals surface area contributed by atoms with Gasteiger partial charge in [-0.15, -0.1) is 0 Å². The van der Waals surface area contributed by atoms with Crippen LogP contribution < -0.4 is 16.0 Å². The predicted octanol–water partition coefficient (Wildman–Crippen LogP) is 2.44. The molecule has 2 heterocycles. The summed E-state index contributed by atoms with van der Waals surface area (Å²) >= 11 is 1.68. The van der Waals surface area contributed by atoms with Crippen LogP contribution in [0.4, 0.5) is 5.13 Å². The minimum atomic E-state index is -0.0726. The Morgan fingerprint density at radius 3 is 2.96 bits per heavy atom. The number of rotatable bonds is 6. The van der Waals surface area contributed by atoms with E-state index < -0.39 is 0 Å². The first-order valence-corrected chi connectivity index (χ1v) is 9.18. The number of nitrogens with zero attached hydrogens (tertiary/aromatic N) is 2. The van der Waals surface area contributed by atoms with Crippen molar-refractivity contribution in [3.63, 3.8) is 0 Å². The molecule has 130 valence electrons. The lowest BCUT2D eigenvalue weighted by molar-refractivity contribution is 0.0243. The Labute approximate surface area is 146 Å². The molecule has 1 atom stereocenters. The number of ether oxygens (including phenoxy) is 1. The van der Waals surface area contributed by atoms with E-state index in [-0.39, 0.29) is 5.60 Å². The van der Waals surface area contributed by atoms with Gasteiger partial charge in [-0.25, -0.2) is 4.98 Å². The minimum absolute atomic E-state index is 0.0726. The van der Waals surface area contributed by atoms with Crippen molar-refractivity contribution >= 4 is 32.6 Å². The summed E-state index contributed by atoms with van der Waals surface area (Å²) in [7, 11) is 1.79. The number of thiazole rings is 1. The van der Waals surface area contributed by atoms with Crippen LogP contribution in [-0.4, -0.2) is 49.8 Å². The van der Waals surface area contributed by atoms with Crippen LogP contribution in [0.25, 0.3) is 10.2 Å². The highest BCUT2D eigenvalue weighted by molar-refractivity contribution is 7.22. The zero-order valence-electron chi connectivity index (χ0n) is 14.3. The molecule has 1 fully saturated rings. The maximum Gasteiger partial charge on any atom is 0.191 e. The van der Waals surface area contributed by atoms with Crippen molar-refractivity contribution in [1.82, 2.24) is 15.6 Å². The summed E-state index contributed by atoms with van der Waals surface area (Å²) < 4.78 is 6.99. The summed E-state index contributed by atoms with van der Waals surface area (Å²) in [5.74, 6) is 0.804. The molecule has 1 saturated heterocycles. The number of guanidine groups is 1. The number of anilines is 1.